The number of hydrogen-bond acceptors (Lipinski definition) is 7. The molecule has 1 aromatic heterocycles. The van der Waals surface area contributed by atoms with Gasteiger partial charge in [0.25, 0.3) is 5.91 Å². The van der Waals surface area contributed by atoms with Gasteiger partial charge in [0.2, 0.25) is 17.5 Å². The summed E-state index contributed by atoms with van der Waals surface area (Å²) in [5, 5.41) is 9.58. The Morgan fingerprint density at radius 1 is 1.00 bits per heavy atom. The number of carbonyl (C=O) groups is 1. The molecule has 0 unspecified atom stereocenters. The molecule has 0 bridgehead atoms. The highest BCUT2D eigenvalue weighted by molar-refractivity contribution is 5.94. The van der Waals surface area contributed by atoms with Crippen LogP contribution >= 0.6 is 0 Å². The highest BCUT2D eigenvalue weighted by Gasteiger charge is 2.26. The fourth-order valence-corrected chi connectivity index (χ4v) is 3.90. The van der Waals surface area contributed by atoms with E-state index in [9.17, 15) is 10.1 Å². The van der Waals surface area contributed by atoms with E-state index in [1.807, 2.05) is 59.2 Å². The van der Waals surface area contributed by atoms with Gasteiger partial charge in [0.1, 0.15) is 17.6 Å². The Labute approximate surface area is 211 Å². The molecular formula is C28H30N4O4. The van der Waals surface area contributed by atoms with Crippen molar-refractivity contribution < 1.29 is 18.7 Å². The molecule has 2 aromatic carbocycles. The van der Waals surface area contributed by atoms with Gasteiger partial charge in [0.05, 0.1) is 13.2 Å². The van der Waals surface area contributed by atoms with Gasteiger partial charge in [-0.15, -0.1) is 0 Å². The quantitative estimate of drug-likeness (QED) is 0.426. The minimum atomic E-state index is -0.0197. The summed E-state index contributed by atoms with van der Waals surface area (Å²) >= 11 is 0. The summed E-state index contributed by atoms with van der Waals surface area (Å²) in [4.78, 5) is 21.0. The normalized spacial score (nSPS) is 13.6. The zero-order valence-corrected chi connectivity index (χ0v) is 20.6. The molecule has 0 atom stereocenters. The van der Waals surface area contributed by atoms with E-state index >= 15 is 0 Å². The number of hydrogen-bond donors (Lipinski definition) is 0. The molecule has 0 spiro atoms. The molecule has 1 fully saturated rings. The van der Waals surface area contributed by atoms with Crippen LogP contribution in [0.4, 0.5) is 5.88 Å². The van der Waals surface area contributed by atoms with E-state index in [0.717, 1.165) is 23.5 Å². The minimum absolute atomic E-state index is 0.0197. The third kappa shape index (κ3) is 6.05. The van der Waals surface area contributed by atoms with Crippen molar-refractivity contribution in [2.24, 2.45) is 0 Å². The van der Waals surface area contributed by atoms with Crippen LogP contribution in [-0.4, -0.2) is 55.2 Å². The first-order chi connectivity index (χ1) is 17.6. The van der Waals surface area contributed by atoms with Crippen molar-refractivity contribution in [3.63, 3.8) is 0 Å². The Kier molecular flexibility index (Phi) is 8.24. The Hall–Kier alpha value is -4.25. The van der Waals surface area contributed by atoms with Crippen molar-refractivity contribution in [1.82, 2.24) is 9.88 Å². The molecule has 1 amide bonds. The van der Waals surface area contributed by atoms with Crippen molar-refractivity contribution in [1.29, 1.82) is 5.26 Å². The Balaban J connectivity index is 1.37. The summed E-state index contributed by atoms with van der Waals surface area (Å²) in [6, 6.07) is 17.1. The summed E-state index contributed by atoms with van der Waals surface area (Å²) in [5.41, 5.74) is 1.84. The highest BCUT2D eigenvalue weighted by Crippen LogP contribution is 2.25. The topological polar surface area (TPSA) is 91.8 Å². The minimum Gasteiger partial charge on any atom is -0.494 e. The molecular weight excluding hydrogens is 456 g/mol. The molecule has 36 heavy (non-hydrogen) atoms. The van der Waals surface area contributed by atoms with Gasteiger partial charge in [0, 0.05) is 37.8 Å². The fraction of sp³-hybridized carbons (Fsp3) is 0.321. The SMILES string of the molecule is CCCOc1ccc(C(=O)N2CCN(c3oc(/C=C/c4ccc(OCC)cc4)nc3C#N)CC2)cc1. The van der Waals surface area contributed by atoms with Gasteiger partial charge in [0.15, 0.2) is 0 Å². The van der Waals surface area contributed by atoms with Crippen molar-refractivity contribution in [2.75, 3.05) is 44.3 Å². The number of rotatable bonds is 9. The predicted molar refractivity (Wildman–Crippen MR) is 138 cm³/mol. The zero-order valence-electron chi connectivity index (χ0n) is 20.6. The Morgan fingerprint density at radius 3 is 2.31 bits per heavy atom. The second kappa shape index (κ2) is 11.9. The van der Waals surface area contributed by atoms with Crippen LogP contribution in [-0.2, 0) is 0 Å². The van der Waals surface area contributed by atoms with Gasteiger partial charge in [-0.25, -0.2) is 0 Å². The average molecular weight is 487 g/mol. The summed E-state index contributed by atoms with van der Waals surface area (Å²) in [5.74, 6) is 2.36. The largest absolute Gasteiger partial charge is 0.494 e. The monoisotopic (exact) mass is 486 g/mol. The fourth-order valence-electron chi connectivity index (χ4n) is 3.90. The highest BCUT2D eigenvalue weighted by atomic mass is 16.5. The second-order valence-electron chi connectivity index (χ2n) is 8.31. The van der Waals surface area contributed by atoms with Crippen LogP contribution in [0.5, 0.6) is 11.5 Å². The maximum atomic E-state index is 12.9. The number of oxazole rings is 1. The lowest BCUT2D eigenvalue weighted by Gasteiger charge is -2.34. The molecule has 1 aliphatic rings. The number of benzene rings is 2. The summed E-state index contributed by atoms with van der Waals surface area (Å²) < 4.78 is 17.0. The molecule has 1 aliphatic heterocycles. The number of ether oxygens (including phenoxy) is 2. The van der Waals surface area contributed by atoms with Crippen LogP contribution < -0.4 is 14.4 Å². The maximum absolute atomic E-state index is 12.9. The number of nitrogens with zero attached hydrogens (tertiary/aromatic N) is 4. The molecule has 4 rings (SSSR count). The van der Waals surface area contributed by atoms with E-state index in [1.54, 1.807) is 18.2 Å². The number of piperazine rings is 1. The predicted octanol–water partition coefficient (Wildman–Crippen LogP) is 4.87. The van der Waals surface area contributed by atoms with Crippen molar-refractivity contribution in [3.8, 4) is 17.6 Å². The molecule has 3 aromatic rings. The first kappa shape index (κ1) is 24.9. The van der Waals surface area contributed by atoms with Crippen LogP contribution in [0.3, 0.4) is 0 Å². The van der Waals surface area contributed by atoms with E-state index in [2.05, 4.69) is 18.0 Å². The van der Waals surface area contributed by atoms with Gasteiger partial charge >= 0.3 is 0 Å². The standard InChI is InChI=1S/C28H30N4O4/c1-3-19-35-24-12-8-22(9-13-24)27(33)31-15-17-32(18-16-31)28-25(20-29)30-26(36-28)14-7-21-5-10-23(11-6-21)34-4-2/h5-14H,3-4,15-19H2,1-2H3/b14-7+. The summed E-state index contributed by atoms with van der Waals surface area (Å²) in [6.07, 6.45) is 4.56. The Bertz CT molecular complexity index is 1220. The smallest absolute Gasteiger partial charge is 0.253 e. The third-order valence-corrected chi connectivity index (χ3v) is 5.77. The van der Waals surface area contributed by atoms with Gasteiger partial charge in [-0.3, -0.25) is 4.79 Å². The lowest BCUT2D eigenvalue weighted by Crippen LogP contribution is -2.48. The first-order valence-electron chi connectivity index (χ1n) is 12.2. The van der Waals surface area contributed by atoms with Crippen molar-refractivity contribution in [2.45, 2.75) is 20.3 Å². The van der Waals surface area contributed by atoms with Crippen LogP contribution in [0, 0.1) is 11.3 Å². The maximum Gasteiger partial charge on any atom is 0.253 e. The van der Waals surface area contributed by atoms with Crippen molar-refractivity contribution >= 4 is 23.9 Å². The average Bonchev–Trinajstić information content (AvgIpc) is 3.35. The van der Waals surface area contributed by atoms with Gasteiger partial charge in [-0.2, -0.15) is 10.2 Å². The summed E-state index contributed by atoms with van der Waals surface area (Å²) in [7, 11) is 0. The number of aromatic nitrogens is 1. The molecule has 0 aliphatic carbocycles. The first-order valence-corrected chi connectivity index (χ1v) is 12.2. The summed E-state index contributed by atoms with van der Waals surface area (Å²) in [6.45, 7) is 7.42. The van der Waals surface area contributed by atoms with E-state index in [0.29, 0.717) is 56.7 Å². The van der Waals surface area contributed by atoms with Gasteiger partial charge in [-0.1, -0.05) is 19.1 Å². The van der Waals surface area contributed by atoms with Gasteiger partial charge < -0.3 is 23.7 Å². The number of carbonyl (C=O) groups excluding carboxylic acids is 1. The number of anilines is 1. The Morgan fingerprint density at radius 2 is 1.67 bits per heavy atom. The third-order valence-electron chi connectivity index (χ3n) is 5.77. The molecule has 0 saturated carbocycles. The van der Waals surface area contributed by atoms with E-state index < -0.39 is 0 Å². The van der Waals surface area contributed by atoms with Crippen LogP contribution in [0.25, 0.3) is 12.2 Å². The van der Waals surface area contributed by atoms with E-state index in [1.165, 1.54) is 0 Å². The van der Waals surface area contributed by atoms with Crippen LogP contribution in [0.1, 0.15) is 47.8 Å². The van der Waals surface area contributed by atoms with Crippen molar-refractivity contribution in [3.05, 3.63) is 71.2 Å². The van der Waals surface area contributed by atoms with Gasteiger partial charge in [-0.05, 0) is 61.4 Å². The van der Waals surface area contributed by atoms with Crippen LogP contribution in [0.2, 0.25) is 0 Å². The molecule has 2 heterocycles. The zero-order chi connectivity index (χ0) is 25.3. The second-order valence-corrected chi connectivity index (χ2v) is 8.31. The van der Waals surface area contributed by atoms with E-state index in [-0.39, 0.29) is 11.6 Å². The lowest BCUT2D eigenvalue weighted by atomic mass is 10.1. The molecule has 186 valence electrons. The lowest BCUT2D eigenvalue weighted by molar-refractivity contribution is 0.0745. The van der Waals surface area contributed by atoms with Crippen LogP contribution in [0.15, 0.2) is 52.9 Å². The number of amides is 1. The molecule has 1 saturated heterocycles. The molecule has 0 N–H and O–H groups in total. The van der Waals surface area contributed by atoms with E-state index in [4.69, 9.17) is 13.9 Å². The molecule has 0 radical (unpaired) electrons. The molecule has 8 heteroatoms. The molecule has 8 nitrogen and oxygen atoms in total. The number of nitriles is 1.